The van der Waals surface area contributed by atoms with Crippen molar-refractivity contribution >= 4 is 33.1 Å². The second-order valence-corrected chi connectivity index (χ2v) is 11.7. The zero-order valence-corrected chi connectivity index (χ0v) is 21.3. The molecule has 2 N–H and O–H groups in total. The van der Waals surface area contributed by atoms with E-state index in [9.17, 15) is 18.0 Å². The smallest absolute Gasteiger partial charge is 0.256 e. The highest BCUT2D eigenvalue weighted by atomic mass is 32.2. The number of carbonyl (C=O) groups is 1. The van der Waals surface area contributed by atoms with Gasteiger partial charge in [0.05, 0.1) is 15.5 Å². The van der Waals surface area contributed by atoms with Gasteiger partial charge in [-0.15, -0.1) is 11.3 Å². The summed E-state index contributed by atoms with van der Waals surface area (Å²) in [5.41, 5.74) is 2.15. The van der Waals surface area contributed by atoms with E-state index in [-0.39, 0.29) is 22.0 Å². The van der Waals surface area contributed by atoms with Crippen LogP contribution in [0.1, 0.15) is 34.5 Å². The Morgan fingerprint density at radius 2 is 1.89 bits per heavy atom. The summed E-state index contributed by atoms with van der Waals surface area (Å²) in [6.45, 7) is 0. The lowest BCUT2D eigenvalue weighted by atomic mass is 9.97. The van der Waals surface area contributed by atoms with Crippen LogP contribution in [0.3, 0.4) is 0 Å². The predicted octanol–water partition coefficient (Wildman–Crippen LogP) is 3.07. The highest BCUT2D eigenvalue weighted by molar-refractivity contribution is 7.89. The van der Waals surface area contributed by atoms with Crippen molar-refractivity contribution in [2.24, 2.45) is 0 Å². The summed E-state index contributed by atoms with van der Waals surface area (Å²) in [6, 6.07) is 11.2. The van der Waals surface area contributed by atoms with Crippen molar-refractivity contribution < 1.29 is 13.2 Å². The molecule has 3 aromatic heterocycles. The maximum absolute atomic E-state index is 13.1. The molecular formula is C24H24N6O4S2. The zero-order chi connectivity index (χ0) is 25.4. The third-order valence-corrected chi connectivity index (χ3v) is 8.72. The van der Waals surface area contributed by atoms with Crippen molar-refractivity contribution in [3.63, 3.8) is 0 Å². The molecular weight excluding hydrogens is 500 g/mol. The van der Waals surface area contributed by atoms with Crippen molar-refractivity contribution in [1.29, 1.82) is 0 Å². The van der Waals surface area contributed by atoms with Crippen LogP contribution in [0.15, 0.2) is 57.5 Å². The molecule has 0 fully saturated rings. The van der Waals surface area contributed by atoms with E-state index in [2.05, 4.69) is 20.4 Å². The molecule has 10 nitrogen and oxygen atoms in total. The van der Waals surface area contributed by atoms with E-state index in [1.165, 1.54) is 54.4 Å². The number of nitrogens with one attached hydrogen (secondary N) is 2. The summed E-state index contributed by atoms with van der Waals surface area (Å²) >= 11 is 1.50. The molecule has 1 amide bonds. The fourth-order valence-corrected chi connectivity index (χ4v) is 5.63. The summed E-state index contributed by atoms with van der Waals surface area (Å²) in [7, 11) is -0.716. The van der Waals surface area contributed by atoms with Gasteiger partial charge in [-0.2, -0.15) is 9.78 Å². The van der Waals surface area contributed by atoms with E-state index in [0.717, 1.165) is 34.1 Å². The number of hydrogen-bond acceptors (Lipinski definition) is 7. The maximum atomic E-state index is 13.1. The predicted molar refractivity (Wildman–Crippen MR) is 137 cm³/mol. The summed E-state index contributed by atoms with van der Waals surface area (Å²) in [6.07, 6.45) is 3.33. The number of aromatic nitrogens is 4. The van der Waals surface area contributed by atoms with E-state index in [1.54, 1.807) is 6.07 Å². The van der Waals surface area contributed by atoms with Gasteiger partial charge in [-0.25, -0.2) is 17.7 Å². The molecule has 0 saturated heterocycles. The SMILES string of the molecule is CN(C)S(=O)(=O)c1ccc(C(=O)Nc2cc(-c3cccs3)nn2-c2nc3c(c(=O)[nH]2)CCCC3)cc1. The molecule has 186 valence electrons. The van der Waals surface area contributed by atoms with E-state index >= 15 is 0 Å². The summed E-state index contributed by atoms with van der Waals surface area (Å²) in [5, 5.41) is 9.38. The van der Waals surface area contributed by atoms with Crippen LogP contribution in [0.4, 0.5) is 5.82 Å². The van der Waals surface area contributed by atoms with Crippen molar-refractivity contribution in [2.75, 3.05) is 19.4 Å². The molecule has 0 spiro atoms. The molecule has 0 atom stereocenters. The number of aryl methyl sites for hydroxylation is 1. The number of carbonyl (C=O) groups excluding carboxylic acids is 1. The number of amides is 1. The quantitative estimate of drug-likeness (QED) is 0.399. The Balaban J connectivity index is 1.51. The van der Waals surface area contributed by atoms with Crippen LogP contribution >= 0.6 is 11.3 Å². The molecule has 1 aliphatic rings. The number of H-pyrrole nitrogens is 1. The zero-order valence-electron chi connectivity index (χ0n) is 19.7. The lowest BCUT2D eigenvalue weighted by Crippen LogP contribution is -2.25. The minimum Gasteiger partial charge on any atom is -0.306 e. The van der Waals surface area contributed by atoms with E-state index in [4.69, 9.17) is 0 Å². The summed E-state index contributed by atoms with van der Waals surface area (Å²) < 4.78 is 27.2. The molecule has 4 aromatic rings. The molecule has 0 saturated carbocycles. The number of benzene rings is 1. The Morgan fingerprint density at radius 3 is 2.58 bits per heavy atom. The minimum absolute atomic E-state index is 0.0879. The third-order valence-electron chi connectivity index (χ3n) is 6.00. The van der Waals surface area contributed by atoms with Gasteiger partial charge in [-0.3, -0.25) is 14.6 Å². The van der Waals surface area contributed by atoms with Gasteiger partial charge in [0.25, 0.3) is 11.5 Å². The van der Waals surface area contributed by atoms with Gasteiger partial charge in [0.1, 0.15) is 11.5 Å². The monoisotopic (exact) mass is 524 g/mol. The van der Waals surface area contributed by atoms with Crippen LogP contribution < -0.4 is 10.9 Å². The molecule has 36 heavy (non-hydrogen) atoms. The number of anilines is 1. The number of sulfonamides is 1. The van der Waals surface area contributed by atoms with Crippen molar-refractivity contribution in [2.45, 2.75) is 30.6 Å². The first kappa shape index (κ1) is 24.1. The Bertz CT molecular complexity index is 1590. The molecule has 1 aliphatic carbocycles. The number of thiophene rings is 1. The van der Waals surface area contributed by atoms with E-state index < -0.39 is 15.9 Å². The second kappa shape index (κ2) is 9.45. The minimum atomic E-state index is -3.61. The topological polar surface area (TPSA) is 130 Å². The molecule has 0 unspecified atom stereocenters. The maximum Gasteiger partial charge on any atom is 0.256 e. The van der Waals surface area contributed by atoms with E-state index in [1.807, 2.05) is 17.5 Å². The third kappa shape index (κ3) is 4.50. The van der Waals surface area contributed by atoms with Crippen molar-refractivity contribution in [1.82, 2.24) is 24.1 Å². The number of hydrogen-bond donors (Lipinski definition) is 2. The first-order chi connectivity index (χ1) is 17.2. The van der Waals surface area contributed by atoms with Crippen molar-refractivity contribution in [3.05, 3.63) is 75.0 Å². The summed E-state index contributed by atoms with van der Waals surface area (Å²) in [5.74, 6) is 0.0986. The molecule has 0 bridgehead atoms. The van der Waals surface area contributed by atoms with Gasteiger partial charge in [0.2, 0.25) is 16.0 Å². The van der Waals surface area contributed by atoms with Crippen molar-refractivity contribution in [3.8, 4) is 16.5 Å². The van der Waals surface area contributed by atoms with Gasteiger partial charge in [0, 0.05) is 31.3 Å². The van der Waals surface area contributed by atoms with Crippen LogP contribution in [0.25, 0.3) is 16.5 Å². The van der Waals surface area contributed by atoms with Gasteiger partial charge < -0.3 is 5.32 Å². The van der Waals surface area contributed by atoms with Crippen LogP contribution in [0.5, 0.6) is 0 Å². The van der Waals surface area contributed by atoms with E-state index in [0.29, 0.717) is 23.5 Å². The molecule has 3 heterocycles. The molecule has 0 aliphatic heterocycles. The normalized spacial score (nSPS) is 13.5. The fourth-order valence-electron chi connectivity index (χ4n) is 4.04. The molecule has 1 aromatic carbocycles. The average Bonchev–Trinajstić information content (AvgIpc) is 3.54. The van der Waals surface area contributed by atoms with Gasteiger partial charge in [0.15, 0.2) is 0 Å². The van der Waals surface area contributed by atoms with Crippen LogP contribution in [-0.2, 0) is 22.9 Å². The lowest BCUT2D eigenvalue weighted by molar-refractivity contribution is 0.102. The number of rotatable bonds is 6. The van der Waals surface area contributed by atoms with Gasteiger partial charge in [-0.1, -0.05) is 6.07 Å². The highest BCUT2D eigenvalue weighted by Crippen LogP contribution is 2.28. The molecule has 12 heteroatoms. The molecule has 5 rings (SSSR count). The Labute approximate surface area is 211 Å². The van der Waals surface area contributed by atoms with Gasteiger partial charge in [-0.05, 0) is 61.4 Å². The fraction of sp³-hybridized carbons (Fsp3) is 0.250. The van der Waals surface area contributed by atoms with Crippen LogP contribution in [0.2, 0.25) is 0 Å². The number of fused-ring (bicyclic) bond motifs is 1. The largest absolute Gasteiger partial charge is 0.306 e. The number of nitrogens with zero attached hydrogens (tertiary/aromatic N) is 4. The molecule has 0 radical (unpaired) electrons. The highest BCUT2D eigenvalue weighted by Gasteiger charge is 2.21. The Hall–Kier alpha value is -3.61. The Kier molecular flexibility index (Phi) is 6.33. The number of aromatic amines is 1. The first-order valence-corrected chi connectivity index (χ1v) is 13.7. The second-order valence-electron chi connectivity index (χ2n) is 8.59. The first-order valence-electron chi connectivity index (χ1n) is 11.3. The van der Waals surface area contributed by atoms with Crippen LogP contribution in [0, 0.1) is 0 Å². The average molecular weight is 525 g/mol. The van der Waals surface area contributed by atoms with Gasteiger partial charge >= 0.3 is 0 Å². The Morgan fingerprint density at radius 1 is 1.14 bits per heavy atom. The standard InChI is InChI=1S/C24H24N6O4S2/c1-29(2)36(33,34)16-11-9-15(10-12-16)22(31)26-21-14-19(20-8-5-13-35-20)28-30(21)24-25-18-7-4-3-6-17(18)23(32)27-24/h5,8-14H,3-4,6-7H2,1-2H3,(H,26,31)(H,25,27,32). The lowest BCUT2D eigenvalue weighted by Gasteiger charge is -2.15. The summed E-state index contributed by atoms with van der Waals surface area (Å²) in [4.78, 5) is 34.3. The van der Waals surface area contributed by atoms with Crippen LogP contribution in [-0.4, -0.2) is 52.5 Å².